The van der Waals surface area contributed by atoms with Gasteiger partial charge in [0.1, 0.15) is 6.20 Å². The van der Waals surface area contributed by atoms with Gasteiger partial charge in [0, 0.05) is 0 Å². The summed E-state index contributed by atoms with van der Waals surface area (Å²) in [5, 5.41) is 10.6. The van der Waals surface area contributed by atoms with Crippen molar-refractivity contribution in [3.63, 3.8) is 0 Å². The van der Waals surface area contributed by atoms with Crippen molar-refractivity contribution in [3.05, 3.63) is 21.9 Å². The van der Waals surface area contributed by atoms with Gasteiger partial charge in [-0.1, -0.05) is 0 Å². The molecule has 0 bridgehead atoms. The van der Waals surface area contributed by atoms with Gasteiger partial charge in [0.2, 0.25) is 11.6 Å². The van der Waals surface area contributed by atoms with E-state index < -0.39 is 22.9 Å². The number of pyridine rings is 1. The SMILES string of the molecule is COc1c([N+](=O)[O-])cnc(OC(F)(F)F)c1C. The molecule has 0 atom stereocenters. The van der Waals surface area contributed by atoms with Gasteiger partial charge in [-0.25, -0.2) is 4.98 Å². The topological polar surface area (TPSA) is 74.5 Å². The third-order valence-electron chi connectivity index (χ3n) is 1.81. The van der Waals surface area contributed by atoms with Crippen LogP contribution < -0.4 is 9.47 Å². The fraction of sp³-hybridized carbons (Fsp3) is 0.375. The van der Waals surface area contributed by atoms with Gasteiger partial charge in [-0.15, -0.1) is 13.2 Å². The van der Waals surface area contributed by atoms with E-state index in [1.807, 2.05) is 0 Å². The average Bonchev–Trinajstić information content (AvgIpc) is 2.18. The van der Waals surface area contributed by atoms with Crippen LogP contribution in [0.3, 0.4) is 0 Å². The molecular weight excluding hydrogens is 245 g/mol. The van der Waals surface area contributed by atoms with Crippen LogP contribution in [0.25, 0.3) is 0 Å². The van der Waals surface area contributed by atoms with E-state index in [1.165, 1.54) is 6.92 Å². The average molecular weight is 252 g/mol. The maximum Gasteiger partial charge on any atom is 0.574 e. The molecule has 0 spiro atoms. The van der Waals surface area contributed by atoms with Gasteiger partial charge in [-0.3, -0.25) is 10.1 Å². The molecule has 94 valence electrons. The Morgan fingerprint density at radius 2 is 2.06 bits per heavy atom. The molecule has 0 aliphatic heterocycles. The molecular formula is C8H7F3N2O4. The number of methoxy groups -OCH3 is 1. The lowest BCUT2D eigenvalue weighted by Crippen LogP contribution is -2.19. The molecule has 0 amide bonds. The van der Waals surface area contributed by atoms with E-state index in [2.05, 4.69) is 14.5 Å². The first-order chi connectivity index (χ1) is 7.76. The lowest BCUT2D eigenvalue weighted by Gasteiger charge is -2.12. The summed E-state index contributed by atoms with van der Waals surface area (Å²) in [6.07, 6.45) is -4.27. The normalized spacial score (nSPS) is 11.1. The highest BCUT2D eigenvalue weighted by atomic mass is 19.4. The van der Waals surface area contributed by atoms with Crippen molar-refractivity contribution in [1.29, 1.82) is 0 Å². The van der Waals surface area contributed by atoms with E-state index in [0.29, 0.717) is 6.20 Å². The Bertz CT molecular complexity index is 447. The van der Waals surface area contributed by atoms with Crippen LogP contribution in [0.2, 0.25) is 0 Å². The van der Waals surface area contributed by atoms with E-state index in [1.54, 1.807) is 0 Å². The van der Waals surface area contributed by atoms with Gasteiger partial charge >= 0.3 is 12.0 Å². The molecule has 0 radical (unpaired) electrons. The zero-order valence-electron chi connectivity index (χ0n) is 8.74. The smallest absolute Gasteiger partial charge is 0.490 e. The van der Waals surface area contributed by atoms with Crippen LogP contribution in [-0.4, -0.2) is 23.4 Å². The molecule has 1 heterocycles. The maximum absolute atomic E-state index is 12.0. The molecule has 1 aromatic rings. The van der Waals surface area contributed by atoms with Gasteiger partial charge in [0.15, 0.2) is 0 Å². The highest BCUT2D eigenvalue weighted by Gasteiger charge is 2.34. The summed E-state index contributed by atoms with van der Waals surface area (Å²) in [7, 11) is 1.10. The number of halogens is 3. The number of nitrogens with zero attached hydrogens (tertiary/aromatic N) is 2. The largest absolute Gasteiger partial charge is 0.574 e. The summed E-state index contributed by atoms with van der Waals surface area (Å²) in [6.45, 7) is 1.18. The Morgan fingerprint density at radius 1 is 1.47 bits per heavy atom. The summed E-state index contributed by atoms with van der Waals surface area (Å²) in [6, 6.07) is 0. The zero-order chi connectivity index (χ0) is 13.2. The van der Waals surface area contributed by atoms with Gasteiger partial charge in [0.25, 0.3) is 0 Å². The van der Waals surface area contributed by atoms with E-state index in [4.69, 9.17) is 0 Å². The predicted octanol–water partition coefficient (Wildman–Crippen LogP) is 2.21. The first-order valence-corrected chi connectivity index (χ1v) is 4.20. The van der Waals surface area contributed by atoms with Crippen LogP contribution in [0.5, 0.6) is 11.6 Å². The molecule has 0 fully saturated rings. The first-order valence-electron chi connectivity index (χ1n) is 4.20. The minimum atomic E-state index is -4.92. The molecule has 0 saturated heterocycles. The molecule has 0 unspecified atom stereocenters. The van der Waals surface area contributed by atoms with Crippen molar-refractivity contribution < 1.29 is 27.6 Å². The second kappa shape index (κ2) is 4.44. The lowest BCUT2D eigenvalue weighted by atomic mass is 10.2. The van der Waals surface area contributed by atoms with Crippen molar-refractivity contribution in [2.45, 2.75) is 13.3 Å². The molecule has 0 aliphatic rings. The molecule has 1 aromatic heterocycles. The fourth-order valence-corrected chi connectivity index (χ4v) is 1.16. The van der Waals surface area contributed by atoms with Crippen LogP contribution in [0.15, 0.2) is 6.20 Å². The second-order valence-corrected chi connectivity index (χ2v) is 2.91. The predicted molar refractivity (Wildman–Crippen MR) is 48.9 cm³/mol. The van der Waals surface area contributed by atoms with E-state index >= 15 is 0 Å². The molecule has 9 heteroatoms. The van der Waals surface area contributed by atoms with Gasteiger partial charge in [0.05, 0.1) is 17.6 Å². The van der Waals surface area contributed by atoms with Crippen molar-refractivity contribution >= 4 is 5.69 Å². The number of nitro groups is 1. The summed E-state index contributed by atoms with van der Waals surface area (Å²) >= 11 is 0. The van der Waals surface area contributed by atoms with Crippen molar-refractivity contribution in [2.75, 3.05) is 7.11 Å². The quantitative estimate of drug-likeness (QED) is 0.609. The summed E-state index contributed by atoms with van der Waals surface area (Å²) in [5.41, 5.74) is -0.724. The Balaban J connectivity index is 3.25. The van der Waals surface area contributed by atoms with Crippen molar-refractivity contribution in [2.24, 2.45) is 0 Å². The second-order valence-electron chi connectivity index (χ2n) is 2.91. The molecule has 1 rings (SSSR count). The highest BCUT2D eigenvalue weighted by Crippen LogP contribution is 2.36. The van der Waals surface area contributed by atoms with Gasteiger partial charge in [-0.2, -0.15) is 0 Å². The number of hydrogen-bond acceptors (Lipinski definition) is 5. The van der Waals surface area contributed by atoms with Gasteiger partial charge < -0.3 is 9.47 Å². The maximum atomic E-state index is 12.0. The molecule has 0 aliphatic carbocycles. The minimum Gasteiger partial charge on any atom is -0.490 e. The third kappa shape index (κ3) is 2.95. The fourth-order valence-electron chi connectivity index (χ4n) is 1.16. The minimum absolute atomic E-state index is 0.195. The van der Waals surface area contributed by atoms with Crippen LogP contribution >= 0.6 is 0 Å². The van der Waals surface area contributed by atoms with E-state index in [9.17, 15) is 23.3 Å². The lowest BCUT2D eigenvalue weighted by molar-refractivity contribution is -0.386. The van der Waals surface area contributed by atoms with Crippen LogP contribution in [0, 0.1) is 17.0 Å². The number of aromatic nitrogens is 1. The van der Waals surface area contributed by atoms with Crippen LogP contribution in [0.4, 0.5) is 18.9 Å². The van der Waals surface area contributed by atoms with Crippen molar-refractivity contribution in [3.8, 4) is 11.6 Å². The first kappa shape index (κ1) is 13.0. The summed E-state index contributed by atoms with van der Waals surface area (Å²) in [5.74, 6) is -1.09. The van der Waals surface area contributed by atoms with Crippen molar-refractivity contribution in [1.82, 2.24) is 4.98 Å². The zero-order valence-corrected chi connectivity index (χ0v) is 8.74. The molecule has 6 nitrogen and oxygen atoms in total. The number of ether oxygens (including phenoxy) is 2. The Hall–Kier alpha value is -2.06. The standard InChI is InChI=1S/C8H7F3N2O4/c1-4-6(16-2)5(13(14)15)3-12-7(4)17-8(9,10)11/h3H,1-2H3. The number of hydrogen-bond donors (Lipinski definition) is 0. The highest BCUT2D eigenvalue weighted by molar-refractivity contribution is 5.53. The monoisotopic (exact) mass is 252 g/mol. The third-order valence-corrected chi connectivity index (χ3v) is 1.81. The van der Waals surface area contributed by atoms with Crippen LogP contribution in [-0.2, 0) is 0 Å². The van der Waals surface area contributed by atoms with Crippen LogP contribution in [0.1, 0.15) is 5.56 Å². The van der Waals surface area contributed by atoms with Gasteiger partial charge in [-0.05, 0) is 6.92 Å². The molecule has 0 aromatic carbocycles. The molecule has 0 N–H and O–H groups in total. The molecule has 0 saturated carbocycles. The Morgan fingerprint density at radius 3 is 2.47 bits per heavy atom. The van der Waals surface area contributed by atoms with E-state index in [-0.39, 0.29) is 11.3 Å². The Labute approximate surface area is 93.1 Å². The summed E-state index contributed by atoms with van der Waals surface area (Å²) < 4.78 is 44.2. The Kier molecular flexibility index (Phi) is 3.39. The number of rotatable bonds is 3. The summed E-state index contributed by atoms with van der Waals surface area (Å²) in [4.78, 5) is 13.0. The van der Waals surface area contributed by atoms with E-state index in [0.717, 1.165) is 7.11 Å². The molecule has 17 heavy (non-hydrogen) atoms. The number of alkyl halides is 3.